The number of thiazole rings is 1. The molecule has 1 aromatic carbocycles. The number of pyridine rings is 1. The Kier molecular flexibility index (Phi) is 4.84. The first-order chi connectivity index (χ1) is 15.6. The monoisotopic (exact) mass is 448 g/mol. The van der Waals surface area contributed by atoms with E-state index in [1.54, 1.807) is 13.1 Å². The van der Waals surface area contributed by atoms with E-state index in [9.17, 15) is 4.79 Å². The van der Waals surface area contributed by atoms with Crippen molar-refractivity contribution in [3.63, 3.8) is 0 Å². The summed E-state index contributed by atoms with van der Waals surface area (Å²) in [6, 6.07) is 13.2. The standard InChI is InChI=1S/C24H24N4O3S/c1-14(29)26-16-10-17-5-6-18(11-16)28(17)13-20-9-15-4-7-19(12-21(15)30-20)31-24-27-23-22(32-24)3-2-8-25-23/h2-4,7-9,12,16-18H,5-6,10-11,13H2,1H3,(H,26,29). The number of amides is 1. The largest absolute Gasteiger partial charge is 0.460 e. The molecule has 0 saturated carbocycles. The Morgan fingerprint density at radius 1 is 1.25 bits per heavy atom. The fourth-order valence-corrected chi connectivity index (χ4v) is 6.01. The van der Waals surface area contributed by atoms with E-state index in [1.807, 2.05) is 30.3 Å². The van der Waals surface area contributed by atoms with Gasteiger partial charge in [0.25, 0.3) is 5.19 Å². The zero-order chi connectivity index (χ0) is 21.7. The van der Waals surface area contributed by atoms with E-state index in [1.165, 1.54) is 24.2 Å². The van der Waals surface area contributed by atoms with Crippen LogP contribution in [0.2, 0.25) is 0 Å². The molecule has 164 valence electrons. The highest BCUT2D eigenvalue weighted by molar-refractivity contribution is 7.20. The number of nitrogens with one attached hydrogen (secondary N) is 1. The van der Waals surface area contributed by atoms with Gasteiger partial charge in [0.15, 0.2) is 5.65 Å². The van der Waals surface area contributed by atoms with Gasteiger partial charge in [-0.05, 0) is 56.0 Å². The third kappa shape index (κ3) is 3.73. The maximum absolute atomic E-state index is 11.4. The van der Waals surface area contributed by atoms with E-state index in [0.29, 0.717) is 34.7 Å². The molecule has 2 aliphatic heterocycles. The molecule has 4 aromatic rings. The first kappa shape index (κ1) is 19.7. The Hall–Kier alpha value is -2.97. The van der Waals surface area contributed by atoms with Crippen LogP contribution in [0.5, 0.6) is 10.9 Å². The molecular formula is C24H24N4O3S. The third-order valence-electron chi connectivity index (χ3n) is 6.52. The summed E-state index contributed by atoms with van der Waals surface area (Å²) in [7, 11) is 0. The maximum atomic E-state index is 11.4. The van der Waals surface area contributed by atoms with E-state index in [2.05, 4.69) is 26.3 Å². The van der Waals surface area contributed by atoms with Crippen molar-refractivity contribution in [1.82, 2.24) is 20.2 Å². The average molecular weight is 449 g/mol. The second-order valence-electron chi connectivity index (χ2n) is 8.75. The predicted octanol–water partition coefficient (Wildman–Crippen LogP) is 4.86. The van der Waals surface area contributed by atoms with Gasteiger partial charge < -0.3 is 14.5 Å². The number of piperidine rings is 1. The molecule has 0 radical (unpaired) electrons. The quantitative estimate of drug-likeness (QED) is 0.470. The molecule has 7 nitrogen and oxygen atoms in total. The first-order valence-corrected chi connectivity index (χ1v) is 11.9. The Balaban J connectivity index is 1.17. The Morgan fingerprint density at radius 2 is 2.09 bits per heavy atom. The van der Waals surface area contributed by atoms with Crippen molar-refractivity contribution in [2.24, 2.45) is 0 Å². The molecule has 0 aliphatic carbocycles. The van der Waals surface area contributed by atoms with Crippen molar-refractivity contribution in [3.05, 3.63) is 48.4 Å². The summed E-state index contributed by atoms with van der Waals surface area (Å²) in [5, 5.41) is 4.75. The number of furan rings is 1. The second kappa shape index (κ2) is 7.86. The molecule has 2 unspecified atom stereocenters. The van der Waals surface area contributed by atoms with E-state index < -0.39 is 0 Å². The molecule has 2 fully saturated rings. The van der Waals surface area contributed by atoms with Crippen molar-refractivity contribution in [3.8, 4) is 10.9 Å². The van der Waals surface area contributed by atoms with Crippen LogP contribution in [0.15, 0.2) is 47.0 Å². The van der Waals surface area contributed by atoms with Gasteiger partial charge in [-0.3, -0.25) is 9.69 Å². The first-order valence-electron chi connectivity index (χ1n) is 11.1. The van der Waals surface area contributed by atoms with Crippen LogP contribution in [0.25, 0.3) is 21.3 Å². The van der Waals surface area contributed by atoms with E-state index in [4.69, 9.17) is 9.15 Å². The number of aromatic nitrogens is 2. The second-order valence-corrected chi connectivity index (χ2v) is 9.74. The van der Waals surface area contributed by atoms with E-state index in [0.717, 1.165) is 40.8 Å². The molecular weight excluding hydrogens is 424 g/mol. The number of rotatable bonds is 5. The van der Waals surface area contributed by atoms with Gasteiger partial charge in [0, 0.05) is 42.7 Å². The number of ether oxygens (including phenoxy) is 1. The van der Waals surface area contributed by atoms with Gasteiger partial charge in [-0.2, -0.15) is 4.98 Å². The molecule has 3 aromatic heterocycles. The molecule has 2 saturated heterocycles. The Morgan fingerprint density at radius 3 is 2.88 bits per heavy atom. The topological polar surface area (TPSA) is 80.5 Å². The lowest BCUT2D eigenvalue weighted by Gasteiger charge is -2.38. The summed E-state index contributed by atoms with van der Waals surface area (Å²) < 4.78 is 13.2. The van der Waals surface area contributed by atoms with Gasteiger partial charge >= 0.3 is 0 Å². The Bertz CT molecular complexity index is 1250. The molecule has 5 heterocycles. The lowest BCUT2D eigenvalue weighted by Crippen LogP contribution is -2.49. The van der Waals surface area contributed by atoms with E-state index in [-0.39, 0.29) is 5.91 Å². The summed E-state index contributed by atoms with van der Waals surface area (Å²) in [5.41, 5.74) is 1.52. The van der Waals surface area contributed by atoms with Crippen molar-refractivity contribution >= 4 is 38.6 Å². The number of carbonyl (C=O) groups excluding carboxylic acids is 1. The SMILES string of the molecule is CC(=O)NC1CC2CCC(C1)N2Cc1cc2ccc(Oc3nc4ncccc4s3)cc2o1. The minimum atomic E-state index is 0.0697. The van der Waals surface area contributed by atoms with Gasteiger partial charge in [-0.15, -0.1) is 0 Å². The predicted molar refractivity (Wildman–Crippen MR) is 123 cm³/mol. The van der Waals surface area contributed by atoms with Gasteiger partial charge in [0.2, 0.25) is 5.91 Å². The fourth-order valence-electron chi connectivity index (χ4n) is 5.22. The highest BCUT2D eigenvalue weighted by atomic mass is 32.1. The van der Waals surface area contributed by atoms with Crippen molar-refractivity contribution in [1.29, 1.82) is 0 Å². The fraction of sp³-hybridized carbons (Fsp3) is 0.375. The smallest absolute Gasteiger partial charge is 0.281 e. The maximum Gasteiger partial charge on any atom is 0.281 e. The summed E-state index contributed by atoms with van der Waals surface area (Å²) in [6.45, 7) is 2.41. The lowest BCUT2D eigenvalue weighted by atomic mass is 9.97. The van der Waals surface area contributed by atoms with Crippen LogP contribution >= 0.6 is 11.3 Å². The van der Waals surface area contributed by atoms with Gasteiger partial charge in [-0.1, -0.05) is 11.3 Å². The lowest BCUT2D eigenvalue weighted by molar-refractivity contribution is -0.120. The van der Waals surface area contributed by atoms with E-state index >= 15 is 0 Å². The summed E-state index contributed by atoms with van der Waals surface area (Å²) in [6.07, 6.45) is 6.15. The molecule has 6 rings (SSSR count). The Labute approximate surface area is 189 Å². The number of hydrogen-bond acceptors (Lipinski definition) is 7. The molecule has 2 bridgehead atoms. The number of nitrogens with zero attached hydrogens (tertiary/aromatic N) is 3. The molecule has 2 atom stereocenters. The number of fused-ring (bicyclic) bond motifs is 4. The number of benzene rings is 1. The molecule has 1 N–H and O–H groups in total. The third-order valence-corrected chi connectivity index (χ3v) is 7.41. The molecule has 0 spiro atoms. The van der Waals surface area contributed by atoms with Gasteiger partial charge in [0.05, 0.1) is 11.2 Å². The van der Waals surface area contributed by atoms with Crippen LogP contribution < -0.4 is 10.1 Å². The minimum absolute atomic E-state index is 0.0697. The van der Waals surface area contributed by atoms with Crippen LogP contribution in [-0.4, -0.2) is 38.9 Å². The zero-order valence-electron chi connectivity index (χ0n) is 17.8. The molecule has 2 aliphatic rings. The summed E-state index contributed by atoms with van der Waals surface area (Å²) >= 11 is 1.48. The highest BCUT2D eigenvalue weighted by Crippen LogP contribution is 2.38. The van der Waals surface area contributed by atoms with Crippen LogP contribution in [0.4, 0.5) is 0 Å². The normalized spacial score (nSPS) is 23.1. The van der Waals surface area contributed by atoms with Crippen molar-refractivity contribution in [2.75, 3.05) is 0 Å². The van der Waals surface area contributed by atoms with Crippen LogP contribution in [-0.2, 0) is 11.3 Å². The average Bonchev–Trinajstić information content (AvgIpc) is 3.41. The number of hydrogen-bond donors (Lipinski definition) is 1. The van der Waals surface area contributed by atoms with Crippen molar-refractivity contribution in [2.45, 2.75) is 57.3 Å². The summed E-state index contributed by atoms with van der Waals surface area (Å²) in [5.74, 6) is 1.74. The van der Waals surface area contributed by atoms with Crippen LogP contribution in [0, 0.1) is 0 Å². The zero-order valence-corrected chi connectivity index (χ0v) is 18.6. The highest BCUT2D eigenvalue weighted by Gasteiger charge is 2.41. The summed E-state index contributed by atoms with van der Waals surface area (Å²) in [4.78, 5) is 22.7. The van der Waals surface area contributed by atoms with Crippen LogP contribution in [0.1, 0.15) is 38.4 Å². The molecule has 8 heteroatoms. The minimum Gasteiger partial charge on any atom is -0.460 e. The van der Waals surface area contributed by atoms with Crippen molar-refractivity contribution < 1.29 is 13.9 Å². The molecule has 32 heavy (non-hydrogen) atoms. The van der Waals surface area contributed by atoms with Crippen LogP contribution in [0.3, 0.4) is 0 Å². The molecule has 1 amide bonds. The van der Waals surface area contributed by atoms with Gasteiger partial charge in [-0.25, -0.2) is 4.98 Å². The van der Waals surface area contributed by atoms with Gasteiger partial charge in [0.1, 0.15) is 17.1 Å². The number of carbonyl (C=O) groups is 1.